The number of ether oxygens (including phenoxy) is 1. The van der Waals surface area contributed by atoms with Crippen LogP contribution in [0, 0.1) is 11.3 Å². The first-order valence-electron chi connectivity index (χ1n) is 13.9. The predicted molar refractivity (Wildman–Crippen MR) is 157 cm³/mol. The Morgan fingerprint density at radius 2 is 2.02 bits per heavy atom. The number of thiophene rings is 1. The maximum absolute atomic E-state index is 13.8. The van der Waals surface area contributed by atoms with Gasteiger partial charge in [-0.05, 0) is 42.2 Å². The highest BCUT2D eigenvalue weighted by molar-refractivity contribution is 7.91. The molecule has 3 amide bonds. The zero-order valence-electron chi connectivity index (χ0n) is 23.8. The Hall–Kier alpha value is -3.36. The minimum absolute atomic E-state index is 0.0490. The molecule has 42 heavy (non-hydrogen) atoms. The lowest BCUT2D eigenvalue weighted by atomic mass is 9.86. The van der Waals surface area contributed by atoms with E-state index in [0.29, 0.717) is 18.5 Å². The Labute approximate surface area is 249 Å². The van der Waals surface area contributed by atoms with Gasteiger partial charge in [-0.25, -0.2) is 13.4 Å². The van der Waals surface area contributed by atoms with Crippen molar-refractivity contribution in [2.75, 3.05) is 6.54 Å². The van der Waals surface area contributed by atoms with Gasteiger partial charge in [0.15, 0.2) is 0 Å². The number of amides is 3. The summed E-state index contributed by atoms with van der Waals surface area (Å²) in [4.78, 5) is 51.6. The van der Waals surface area contributed by atoms with Crippen LogP contribution in [0.25, 0.3) is 10.6 Å². The van der Waals surface area contributed by atoms with E-state index in [-0.39, 0.29) is 25.4 Å². The summed E-state index contributed by atoms with van der Waals surface area (Å²) in [5.74, 6) is -2.31. The summed E-state index contributed by atoms with van der Waals surface area (Å²) >= 11 is 1.52. The van der Waals surface area contributed by atoms with Crippen LogP contribution in [0.1, 0.15) is 46.5 Å². The van der Waals surface area contributed by atoms with Gasteiger partial charge in [0.05, 0.1) is 28.4 Å². The number of likely N-dealkylation sites (tertiary alicyclic amines) is 1. The van der Waals surface area contributed by atoms with Gasteiger partial charge in [0.1, 0.15) is 17.7 Å². The first-order chi connectivity index (χ1) is 19.7. The number of hydrogen-bond donors (Lipinski definition) is 3. The fourth-order valence-corrected chi connectivity index (χ4v) is 7.11. The zero-order valence-corrected chi connectivity index (χ0v) is 25.4. The Bertz CT molecular complexity index is 1490. The quantitative estimate of drug-likeness (QED) is 0.335. The molecule has 2 aliphatic carbocycles. The van der Waals surface area contributed by atoms with E-state index in [0.717, 1.165) is 4.88 Å². The van der Waals surface area contributed by atoms with Gasteiger partial charge < -0.3 is 20.7 Å². The molecule has 0 radical (unpaired) electrons. The average molecular weight is 617 g/mol. The lowest BCUT2D eigenvalue weighted by Crippen LogP contribution is -2.59. The fourth-order valence-electron chi connectivity index (χ4n) is 5.05. The van der Waals surface area contributed by atoms with Crippen LogP contribution >= 0.6 is 11.3 Å². The van der Waals surface area contributed by atoms with Crippen molar-refractivity contribution in [3.63, 3.8) is 0 Å². The van der Waals surface area contributed by atoms with E-state index in [1.54, 1.807) is 12.3 Å². The highest BCUT2D eigenvalue weighted by Crippen LogP contribution is 2.45. The van der Waals surface area contributed by atoms with Gasteiger partial charge in [-0.15, -0.1) is 17.9 Å². The van der Waals surface area contributed by atoms with Gasteiger partial charge in [-0.1, -0.05) is 32.9 Å². The predicted octanol–water partition coefficient (Wildman–Crippen LogP) is 1.60. The molecule has 2 aromatic rings. The Morgan fingerprint density at radius 1 is 1.29 bits per heavy atom. The number of carbonyl (C=O) groups is 3. The number of aromatic nitrogens is 2. The lowest BCUT2D eigenvalue weighted by Gasteiger charge is -2.33. The third-order valence-electron chi connectivity index (χ3n) is 7.98. The standard InChI is InChI=1S/C28H36N6O6S2/c1-5-16-14-28(16,25(37)33-42(38,39)18-8-9-18)32-23(35)20-13-17(15-34(20)24(36)22(29)27(2,3)4)40-26-30-11-10-19(31-26)21-7-6-12-41-21/h5-7,10-12,16-18,20,22H,1,8-9,13-15,29H2,2-4H3,(H,32,35)(H,33,37)/t16?,17-,20+,22-,28-/m1/s1. The Balaban J connectivity index is 1.36. The number of nitrogens with two attached hydrogens (primary N) is 1. The van der Waals surface area contributed by atoms with Gasteiger partial charge in [0.25, 0.3) is 5.91 Å². The van der Waals surface area contributed by atoms with Crippen LogP contribution in [-0.2, 0) is 24.4 Å². The number of carbonyl (C=O) groups excluding carboxylic acids is 3. The molecule has 2 saturated carbocycles. The first kappa shape index (κ1) is 30.1. The molecular weight excluding hydrogens is 580 g/mol. The molecular formula is C28H36N6O6S2. The van der Waals surface area contributed by atoms with Crippen molar-refractivity contribution in [1.29, 1.82) is 0 Å². The Morgan fingerprint density at radius 3 is 2.62 bits per heavy atom. The maximum atomic E-state index is 13.8. The number of nitrogens with zero attached hydrogens (tertiary/aromatic N) is 3. The molecule has 0 aromatic carbocycles. The van der Waals surface area contributed by atoms with Gasteiger partial charge >= 0.3 is 6.01 Å². The minimum atomic E-state index is -3.83. The maximum Gasteiger partial charge on any atom is 0.317 e. The van der Waals surface area contributed by atoms with Crippen LogP contribution in [0.15, 0.2) is 42.4 Å². The van der Waals surface area contributed by atoms with Crippen molar-refractivity contribution in [3.8, 4) is 16.6 Å². The number of nitrogens with one attached hydrogen (secondary N) is 2. The zero-order chi connectivity index (χ0) is 30.4. The summed E-state index contributed by atoms with van der Waals surface area (Å²) in [5, 5.41) is 4.09. The van der Waals surface area contributed by atoms with Crippen molar-refractivity contribution < 1.29 is 27.5 Å². The van der Waals surface area contributed by atoms with Gasteiger partial charge in [0, 0.05) is 18.5 Å². The molecule has 4 N–H and O–H groups in total. The minimum Gasteiger partial charge on any atom is -0.458 e. The fraction of sp³-hybridized carbons (Fsp3) is 0.536. The van der Waals surface area contributed by atoms with Crippen LogP contribution < -0.4 is 20.5 Å². The molecule has 5 rings (SSSR count). The van der Waals surface area contributed by atoms with Gasteiger partial charge in [-0.3, -0.25) is 19.1 Å². The van der Waals surface area contributed by atoms with E-state index in [4.69, 9.17) is 10.5 Å². The normalized spacial score (nSPS) is 26.3. The Kier molecular flexibility index (Phi) is 7.92. The van der Waals surface area contributed by atoms with E-state index in [2.05, 4.69) is 26.6 Å². The summed E-state index contributed by atoms with van der Waals surface area (Å²) in [6.45, 7) is 9.27. The summed E-state index contributed by atoms with van der Waals surface area (Å²) < 4.78 is 33.2. The van der Waals surface area contributed by atoms with Crippen LogP contribution in [0.3, 0.4) is 0 Å². The van der Waals surface area contributed by atoms with Crippen molar-refractivity contribution in [2.45, 2.75) is 75.4 Å². The summed E-state index contributed by atoms with van der Waals surface area (Å²) in [7, 11) is -3.83. The smallest absolute Gasteiger partial charge is 0.317 e. The van der Waals surface area contributed by atoms with E-state index in [9.17, 15) is 22.8 Å². The largest absolute Gasteiger partial charge is 0.458 e. The van der Waals surface area contributed by atoms with E-state index >= 15 is 0 Å². The molecule has 3 fully saturated rings. The lowest BCUT2D eigenvalue weighted by molar-refractivity contribution is -0.142. The highest BCUT2D eigenvalue weighted by atomic mass is 32.2. The monoisotopic (exact) mass is 616 g/mol. The van der Waals surface area contributed by atoms with Crippen LogP contribution in [0.4, 0.5) is 0 Å². The molecule has 12 nitrogen and oxygen atoms in total. The second-order valence-corrected chi connectivity index (χ2v) is 15.1. The van der Waals surface area contributed by atoms with Crippen LogP contribution in [0.2, 0.25) is 0 Å². The molecule has 0 spiro atoms. The van der Waals surface area contributed by atoms with E-state index in [1.807, 2.05) is 38.3 Å². The average Bonchev–Trinajstić information content (AvgIpc) is 3.80. The molecule has 2 aromatic heterocycles. The van der Waals surface area contributed by atoms with E-state index in [1.165, 1.54) is 22.3 Å². The second kappa shape index (κ2) is 11.0. The summed E-state index contributed by atoms with van der Waals surface area (Å²) in [6, 6.07) is 3.78. The molecule has 3 heterocycles. The molecule has 3 aliphatic rings. The molecule has 5 atom stereocenters. The van der Waals surface area contributed by atoms with Crippen LogP contribution in [0.5, 0.6) is 6.01 Å². The van der Waals surface area contributed by atoms with Crippen LogP contribution in [-0.4, -0.2) is 76.5 Å². The third-order valence-corrected chi connectivity index (χ3v) is 10.7. The number of sulfonamides is 1. The van der Waals surface area contributed by atoms with Crippen molar-refractivity contribution >= 4 is 39.1 Å². The topological polar surface area (TPSA) is 174 Å². The molecule has 1 saturated heterocycles. The second-order valence-electron chi connectivity index (χ2n) is 12.2. The SMILES string of the molecule is C=CC1C[C@]1(NC(=O)[C@@H]1C[C@@H](Oc2nccc(-c3cccs3)n2)CN1C(=O)[C@@H](N)C(C)(C)C)C(=O)NS(=O)(=O)C1CC1. The number of rotatable bonds is 10. The number of hydrogen-bond acceptors (Lipinski definition) is 10. The van der Waals surface area contributed by atoms with Gasteiger partial charge in [-0.2, -0.15) is 4.98 Å². The van der Waals surface area contributed by atoms with Crippen molar-refractivity contribution in [1.82, 2.24) is 24.9 Å². The van der Waals surface area contributed by atoms with Crippen molar-refractivity contribution in [2.24, 2.45) is 17.1 Å². The molecule has 14 heteroatoms. The summed E-state index contributed by atoms with van der Waals surface area (Å²) in [6.07, 6.45) is 3.72. The molecule has 0 bridgehead atoms. The highest BCUT2D eigenvalue weighted by Gasteiger charge is 2.62. The molecule has 1 aliphatic heterocycles. The van der Waals surface area contributed by atoms with Gasteiger partial charge in [0.2, 0.25) is 21.8 Å². The first-order valence-corrected chi connectivity index (χ1v) is 16.3. The third kappa shape index (κ3) is 6.06. The van der Waals surface area contributed by atoms with Crippen molar-refractivity contribution in [3.05, 3.63) is 42.4 Å². The molecule has 1 unspecified atom stereocenters. The summed E-state index contributed by atoms with van der Waals surface area (Å²) in [5.41, 5.74) is 4.94. The molecule has 226 valence electrons. The van der Waals surface area contributed by atoms with E-state index < -0.39 is 68.1 Å².